The molecule has 2 aromatic heterocycles. The quantitative estimate of drug-likeness (QED) is 0.171. The molecule has 0 fully saturated rings. The first kappa shape index (κ1) is 20.3. The molecule has 8 heteroatoms. The molecule has 1 aliphatic heterocycles. The van der Waals surface area contributed by atoms with Gasteiger partial charge >= 0.3 is 0 Å². The maximum absolute atomic E-state index is 13.5. The zero-order valence-electron chi connectivity index (χ0n) is 16.6. The third kappa shape index (κ3) is 3.26. The van der Waals surface area contributed by atoms with Crippen molar-refractivity contribution in [3.8, 4) is 11.1 Å². The third-order valence-electron chi connectivity index (χ3n) is 5.25. The number of carbonyl (C=O) groups is 1. The number of fused-ring (bicyclic) bond motifs is 4. The van der Waals surface area contributed by atoms with Crippen LogP contribution in [0.3, 0.4) is 0 Å². The molecule has 3 heterocycles. The molecule has 4 aromatic rings. The molecular weight excluding hydrogens is 469 g/mol. The molecule has 0 N–H and O–H groups in total. The molecule has 0 radical (unpaired) electrons. The molecule has 0 unspecified atom stereocenters. The molecule has 1 aliphatic rings. The Bertz CT molecular complexity index is 1310. The summed E-state index contributed by atoms with van der Waals surface area (Å²) in [4.78, 5) is 21.3. The largest absolute Gasteiger partial charge is 0.301 e. The van der Waals surface area contributed by atoms with Crippen molar-refractivity contribution in [2.24, 2.45) is 0 Å². The first-order valence-electron chi connectivity index (χ1n) is 9.42. The summed E-state index contributed by atoms with van der Waals surface area (Å²) in [6.07, 6.45) is 0. The molecule has 30 heavy (non-hydrogen) atoms. The number of rotatable bonds is 3. The van der Waals surface area contributed by atoms with E-state index in [0.29, 0.717) is 5.75 Å². The van der Waals surface area contributed by atoms with Gasteiger partial charge in [0.2, 0.25) is 5.91 Å². The van der Waals surface area contributed by atoms with E-state index in [4.69, 9.17) is 12.2 Å². The molecule has 2 aromatic carbocycles. The van der Waals surface area contributed by atoms with Crippen LogP contribution in [-0.2, 0) is 10.3 Å². The van der Waals surface area contributed by atoms with Crippen LogP contribution in [0.5, 0.6) is 0 Å². The highest BCUT2D eigenvalue weighted by molar-refractivity contribution is 8.01. The molecule has 5 rings (SSSR count). The highest BCUT2D eigenvalue weighted by atomic mass is 32.9. The van der Waals surface area contributed by atoms with Crippen LogP contribution in [0.25, 0.3) is 21.3 Å². The van der Waals surface area contributed by atoms with Gasteiger partial charge in [0.25, 0.3) is 0 Å². The van der Waals surface area contributed by atoms with Crippen molar-refractivity contribution in [2.45, 2.75) is 30.6 Å². The Morgan fingerprint density at radius 1 is 1.20 bits per heavy atom. The Hall–Kier alpha value is -1.58. The number of hydrogen-bond acceptors (Lipinski definition) is 7. The van der Waals surface area contributed by atoms with E-state index in [1.807, 2.05) is 23.1 Å². The normalized spacial score (nSPS) is 14.6. The Kier molecular flexibility index (Phi) is 5.10. The lowest BCUT2D eigenvalue weighted by Crippen LogP contribution is -2.48. The van der Waals surface area contributed by atoms with Crippen molar-refractivity contribution in [1.82, 2.24) is 4.98 Å². The molecule has 0 atom stereocenters. The van der Waals surface area contributed by atoms with E-state index in [-0.39, 0.29) is 5.91 Å². The van der Waals surface area contributed by atoms with Gasteiger partial charge in [0.15, 0.2) is 4.34 Å². The second-order valence-electron chi connectivity index (χ2n) is 7.70. The Labute approximate surface area is 195 Å². The smallest absolute Gasteiger partial charge is 0.238 e. The monoisotopic (exact) mass is 486 g/mol. The molecule has 0 bridgehead atoms. The van der Waals surface area contributed by atoms with Gasteiger partial charge in [0.1, 0.15) is 3.82 Å². The second-order valence-corrected chi connectivity index (χ2v) is 12.8. The minimum atomic E-state index is -0.443. The first-order valence-corrected chi connectivity index (χ1v) is 13.8. The van der Waals surface area contributed by atoms with Gasteiger partial charge in [-0.05, 0) is 45.0 Å². The summed E-state index contributed by atoms with van der Waals surface area (Å²) in [5.74, 6) is 0.436. The van der Waals surface area contributed by atoms with Gasteiger partial charge in [0.05, 0.1) is 32.1 Å². The fourth-order valence-corrected chi connectivity index (χ4v) is 9.09. The van der Waals surface area contributed by atoms with Crippen molar-refractivity contribution < 1.29 is 4.79 Å². The van der Waals surface area contributed by atoms with Gasteiger partial charge in [-0.1, -0.05) is 68.4 Å². The molecule has 0 saturated carbocycles. The molecule has 0 aliphatic carbocycles. The SMILES string of the molecule is Cc1ccc2c(c1)-c1c(ssc1=S)C(C)(C)N2C(=O)CSc1nc2ccccc2s1. The number of aromatic nitrogens is 1. The summed E-state index contributed by atoms with van der Waals surface area (Å²) in [5, 5.41) is 0. The number of benzene rings is 2. The van der Waals surface area contributed by atoms with Crippen LogP contribution in [0.2, 0.25) is 0 Å². The zero-order chi connectivity index (χ0) is 21.0. The van der Waals surface area contributed by atoms with Gasteiger partial charge in [-0.15, -0.1) is 11.3 Å². The summed E-state index contributed by atoms with van der Waals surface area (Å²) in [5.41, 5.74) is 4.86. The van der Waals surface area contributed by atoms with Gasteiger partial charge in [-0.25, -0.2) is 4.98 Å². The van der Waals surface area contributed by atoms with Crippen molar-refractivity contribution >= 4 is 77.8 Å². The highest BCUT2D eigenvalue weighted by Gasteiger charge is 2.42. The molecule has 0 saturated heterocycles. The van der Waals surface area contributed by atoms with Gasteiger partial charge < -0.3 is 4.90 Å². The Balaban J connectivity index is 1.51. The maximum atomic E-state index is 13.5. The average molecular weight is 487 g/mol. The van der Waals surface area contributed by atoms with E-state index in [1.54, 1.807) is 32.0 Å². The fourth-order valence-electron chi connectivity index (χ4n) is 3.89. The van der Waals surface area contributed by atoms with E-state index in [9.17, 15) is 4.79 Å². The van der Waals surface area contributed by atoms with Crippen molar-refractivity contribution in [3.63, 3.8) is 0 Å². The van der Waals surface area contributed by atoms with Crippen molar-refractivity contribution in [1.29, 1.82) is 0 Å². The summed E-state index contributed by atoms with van der Waals surface area (Å²) in [6.45, 7) is 6.31. The zero-order valence-corrected chi connectivity index (χ0v) is 20.7. The third-order valence-corrected chi connectivity index (χ3v) is 10.7. The number of thioether (sulfide) groups is 1. The van der Waals surface area contributed by atoms with Crippen LogP contribution < -0.4 is 4.90 Å². The number of thiazole rings is 1. The van der Waals surface area contributed by atoms with Crippen LogP contribution in [0, 0.1) is 10.7 Å². The second kappa shape index (κ2) is 7.53. The Morgan fingerprint density at radius 3 is 2.80 bits per heavy atom. The first-order chi connectivity index (χ1) is 14.4. The predicted molar refractivity (Wildman–Crippen MR) is 134 cm³/mol. The van der Waals surface area contributed by atoms with Crippen LogP contribution in [0.15, 0.2) is 46.8 Å². The average Bonchev–Trinajstić information content (AvgIpc) is 3.30. The Morgan fingerprint density at radius 2 is 2.00 bits per heavy atom. The number of nitrogens with zero attached hydrogens (tertiary/aromatic N) is 2. The summed E-state index contributed by atoms with van der Waals surface area (Å²) < 4.78 is 2.98. The van der Waals surface area contributed by atoms with Crippen LogP contribution in [0.1, 0.15) is 24.3 Å². The molecule has 0 spiro atoms. The van der Waals surface area contributed by atoms with Gasteiger partial charge in [0, 0.05) is 11.1 Å². The van der Waals surface area contributed by atoms with Crippen LogP contribution in [0.4, 0.5) is 5.69 Å². The number of para-hydroxylation sites is 1. The number of aryl methyl sites for hydroxylation is 1. The lowest BCUT2D eigenvalue weighted by Gasteiger charge is -2.43. The topological polar surface area (TPSA) is 33.2 Å². The van der Waals surface area contributed by atoms with E-state index < -0.39 is 5.54 Å². The van der Waals surface area contributed by atoms with E-state index in [0.717, 1.165) is 35.2 Å². The molecule has 3 nitrogen and oxygen atoms in total. The minimum absolute atomic E-state index is 0.0873. The van der Waals surface area contributed by atoms with Gasteiger partial charge in [-0.3, -0.25) is 4.79 Å². The summed E-state index contributed by atoms with van der Waals surface area (Å²) in [6, 6.07) is 14.4. The lowest BCUT2D eigenvalue weighted by molar-refractivity contribution is -0.117. The standard InChI is InChI=1S/C22H18N2OS5/c1-12-8-9-15-13(10-12)18-19(29-30-20(18)26)22(2,3)24(15)17(25)11-27-21-23-14-6-4-5-7-16(14)28-21/h4-10H,11H2,1-3H3. The van der Waals surface area contributed by atoms with Gasteiger partial charge in [-0.2, -0.15) is 0 Å². The minimum Gasteiger partial charge on any atom is -0.301 e. The van der Waals surface area contributed by atoms with Crippen LogP contribution in [-0.4, -0.2) is 16.6 Å². The molecule has 1 amide bonds. The van der Waals surface area contributed by atoms with Crippen molar-refractivity contribution in [3.05, 3.63) is 56.7 Å². The maximum Gasteiger partial charge on any atom is 0.238 e. The highest BCUT2D eigenvalue weighted by Crippen LogP contribution is 2.52. The van der Waals surface area contributed by atoms with E-state index in [2.05, 4.69) is 50.0 Å². The predicted octanol–water partition coefficient (Wildman–Crippen LogP) is 7.50. The number of hydrogen-bond donors (Lipinski definition) is 0. The molecule has 152 valence electrons. The van der Waals surface area contributed by atoms with E-state index in [1.165, 1.54) is 22.2 Å². The van der Waals surface area contributed by atoms with Crippen LogP contribution >= 0.6 is 56.0 Å². The fraction of sp³-hybridized carbons (Fsp3) is 0.227. The number of carbonyl (C=O) groups excluding carboxylic acids is 1. The number of anilines is 1. The summed E-state index contributed by atoms with van der Waals surface area (Å²) >= 11 is 8.81. The lowest BCUT2D eigenvalue weighted by atomic mass is 9.87. The molecular formula is C22H18N2OS5. The summed E-state index contributed by atoms with van der Waals surface area (Å²) in [7, 11) is 3.32. The van der Waals surface area contributed by atoms with Crippen molar-refractivity contribution in [2.75, 3.05) is 10.7 Å². The number of amides is 1. The van der Waals surface area contributed by atoms with E-state index >= 15 is 0 Å².